The number of aliphatic hydroxyl groups excluding tert-OH is 1. The summed E-state index contributed by atoms with van der Waals surface area (Å²) in [6, 6.07) is -1.35. The molecule has 0 bridgehead atoms. The number of carboxylic acid groups (broad SMARTS) is 1. The first-order valence-corrected chi connectivity index (χ1v) is 22.5. The zero-order valence-electron chi connectivity index (χ0n) is 33.6. The molecule has 0 aliphatic rings. The maximum atomic E-state index is 12.7. The van der Waals surface area contributed by atoms with Gasteiger partial charge in [0.05, 0.1) is 6.61 Å². The van der Waals surface area contributed by atoms with Crippen LogP contribution in [-0.2, 0) is 28.7 Å². The molecule has 0 aromatic heterocycles. The standard InChI is InChI=1S/C42H79NO8S/c1-4-6-8-10-12-14-16-18-20-22-24-26-28-30-39(45)50-33-37(35-52-34-36(3)41(47)43-38(32-44)42(48)49)51-40(46)31-29-27-25-23-21-19-17-15-13-11-9-7-5-2/h36-38,44H,4-35H2,1-3H3,(H,43,47)(H,48,49)/t36-,37+,38-/m0/s1. The molecule has 0 radical (unpaired) electrons. The molecule has 3 atom stereocenters. The largest absolute Gasteiger partial charge is 0.480 e. The van der Waals surface area contributed by atoms with Crippen LogP contribution < -0.4 is 5.32 Å². The molecule has 10 heteroatoms. The monoisotopic (exact) mass is 758 g/mol. The Balaban J connectivity index is 4.44. The quantitative estimate of drug-likeness (QED) is 0.0413. The molecule has 0 fully saturated rings. The summed E-state index contributed by atoms with van der Waals surface area (Å²) >= 11 is 1.38. The molecule has 3 N–H and O–H groups in total. The summed E-state index contributed by atoms with van der Waals surface area (Å²) < 4.78 is 11.3. The van der Waals surface area contributed by atoms with Crippen LogP contribution in [0.25, 0.3) is 0 Å². The first-order valence-electron chi connectivity index (χ1n) is 21.3. The van der Waals surface area contributed by atoms with Crippen molar-refractivity contribution in [3.05, 3.63) is 0 Å². The number of esters is 2. The predicted octanol–water partition coefficient (Wildman–Crippen LogP) is 10.3. The van der Waals surface area contributed by atoms with Gasteiger partial charge in [0, 0.05) is 30.3 Å². The summed E-state index contributed by atoms with van der Waals surface area (Å²) in [5, 5.41) is 20.6. The lowest BCUT2D eigenvalue weighted by Gasteiger charge is -2.19. The molecule has 0 aromatic carbocycles. The van der Waals surface area contributed by atoms with Gasteiger partial charge in [-0.3, -0.25) is 14.4 Å². The SMILES string of the molecule is CCCCCCCCCCCCCCCC(=O)OC[C@H](CSC[C@H](C)C(=O)N[C@@H](CO)C(=O)O)OC(=O)CCCCCCCCCCCCCCC. The third-order valence-electron chi connectivity index (χ3n) is 9.61. The molecule has 1 amide bonds. The van der Waals surface area contributed by atoms with E-state index in [-0.39, 0.29) is 18.5 Å². The minimum Gasteiger partial charge on any atom is -0.480 e. The number of carboxylic acids is 1. The highest BCUT2D eigenvalue weighted by molar-refractivity contribution is 7.99. The second-order valence-corrected chi connectivity index (χ2v) is 15.9. The Kier molecular flexibility index (Phi) is 36.2. The molecule has 0 aliphatic carbocycles. The molecule has 0 saturated carbocycles. The van der Waals surface area contributed by atoms with E-state index in [0.717, 1.165) is 38.5 Å². The summed E-state index contributed by atoms with van der Waals surface area (Å²) in [6.07, 6.45) is 32.1. The van der Waals surface area contributed by atoms with Crippen LogP contribution in [0.3, 0.4) is 0 Å². The molecule has 52 heavy (non-hydrogen) atoms. The highest BCUT2D eigenvalue weighted by Crippen LogP contribution is 2.17. The Hall–Kier alpha value is -1.81. The number of ether oxygens (including phenoxy) is 2. The predicted molar refractivity (Wildman–Crippen MR) is 215 cm³/mol. The van der Waals surface area contributed by atoms with Gasteiger partial charge in [-0.05, 0) is 12.8 Å². The van der Waals surface area contributed by atoms with Crippen molar-refractivity contribution in [3.8, 4) is 0 Å². The van der Waals surface area contributed by atoms with E-state index in [1.54, 1.807) is 6.92 Å². The molecule has 0 spiro atoms. The van der Waals surface area contributed by atoms with E-state index >= 15 is 0 Å². The Morgan fingerprint density at radius 2 is 0.962 bits per heavy atom. The number of nitrogens with one attached hydrogen (secondary N) is 1. The summed E-state index contributed by atoms with van der Waals surface area (Å²) in [5.41, 5.74) is 0. The van der Waals surface area contributed by atoms with Gasteiger partial charge in [-0.2, -0.15) is 11.8 Å². The number of amides is 1. The summed E-state index contributed by atoms with van der Waals surface area (Å²) in [7, 11) is 0. The second kappa shape index (κ2) is 37.5. The number of carbonyl (C=O) groups excluding carboxylic acids is 3. The van der Waals surface area contributed by atoms with Gasteiger partial charge in [-0.1, -0.05) is 175 Å². The van der Waals surface area contributed by atoms with E-state index in [9.17, 15) is 24.3 Å². The van der Waals surface area contributed by atoms with Gasteiger partial charge in [-0.15, -0.1) is 0 Å². The average Bonchev–Trinajstić information content (AvgIpc) is 3.12. The topological polar surface area (TPSA) is 139 Å². The number of carbonyl (C=O) groups is 4. The maximum Gasteiger partial charge on any atom is 0.328 e. The lowest BCUT2D eigenvalue weighted by atomic mass is 10.0. The maximum absolute atomic E-state index is 12.7. The fraction of sp³-hybridized carbons (Fsp3) is 0.905. The zero-order chi connectivity index (χ0) is 38.5. The first kappa shape index (κ1) is 50.2. The van der Waals surface area contributed by atoms with Crippen LogP contribution in [0.4, 0.5) is 0 Å². The third-order valence-corrected chi connectivity index (χ3v) is 11.0. The van der Waals surface area contributed by atoms with E-state index in [2.05, 4.69) is 19.2 Å². The third kappa shape index (κ3) is 32.8. The van der Waals surface area contributed by atoms with Crippen LogP contribution in [0, 0.1) is 5.92 Å². The van der Waals surface area contributed by atoms with Crippen molar-refractivity contribution in [1.29, 1.82) is 0 Å². The van der Waals surface area contributed by atoms with Crippen LogP contribution in [0.15, 0.2) is 0 Å². The Morgan fingerprint density at radius 1 is 0.577 bits per heavy atom. The van der Waals surface area contributed by atoms with Gasteiger partial charge in [0.15, 0.2) is 0 Å². The normalized spacial score (nSPS) is 13.0. The minimum absolute atomic E-state index is 0.0270. The molecule has 306 valence electrons. The molecule has 0 aliphatic heterocycles. The Labute approximate surface area is 322 Å². The van der Waals surface area contributed by atoms with Crippen LogP contribution in [0.2, 0.25) is 0 Å². The van der Waals surface area contributed by atoms with Gasteiger partial charge < -0.3 is 25.0 Å². The number of rotatable bonds is 39. The number of hydrogen-bond donors (Lipinski definition) is 3. The van der Waals surface area contributed by atoms with E-state index in [0.29, 0.717) is 24.3 Å². The molecule has 0 rings (SSSR count). The van der Waals surface area contributed by atoms with Gasteiger partial charge >= 0.3 is 17.9 Å². The highest BCUT2D eigenvalue weighted by atomic mass is 32.2. The molecule has 0 unspecified atom stereocenters. The van der Waals surface area contributed by atoms with Crippen LogP contribution >= 0.6 is 11.8 Å². The van der Waals surface area contributed by atoms with Crippen LogP contribution in [-0.4, -0.2) is 70.9 Å². The van der Waals surface area contributed by atoms with E-state index in [1.807, 2.05) is 0 Å². The van der Waals surface area contributed by atoms with Gasteiger partial charge in [0.25, 0.3) is 0 Å². The fourth-order valence-corrected chi connectivity index (χ4v) is 7.21. The number of thioether (sulfide) groups is 1. The van der Waals surface area contributed by atoms with E-state index in [1.165, 1.54) is 140 Å². The number of unbranched alkanes of at least 4 members (excludes halogenated alkanes) is 24. The smallest absolute Gasteiger partial charge is 0.328 e. The van der Waals surface area contributed by atoms with Crippen molar-refractivity contribution < 1.29 is 38.9 Å². The first-order chi connectivity index (χ1) is 25.2. The molecule has 0 saturated heterocycles. The van der Waals surface area contributed by atoms with Crippen molar-refractivity contribution in [1.82, 2.24) is 5.32 Å². The second-order valence-electron chi connectivity index (χ2n) is 14.8. The molecule has 9 nitrogen and oxygen atoms in total. The summed E-state index contributed by atoms with van der Waals surface area (Å²) in [6.45, 7) is 5.45. The van der Waals surface area contributed by atoms with Crippen molar-refractivity contribution in [2.75, 3.05) is 24.7 Å². The van der Waals surface area contributed by atoms with Gasteiger partial charge in [-0.25, -0.2) is 4.79 Å². The van der Waals surface area contributed by atoms with Crippen molar-refractivity contribution >= 4 is 35.6 Å². The van der Waals surface area contributed by atoms with Crippen LogP contribution in [0.5, 0.6) is 0 Å². The number of aliphatic hydroxyl groups is 1. The van der Waals surface area contributed by atoms with Crippen molar-refractivity contribution in [2.24, 2.45) is 5.92 Å². The average molecular weight is 758 g/mol. The van der Waals surface area contributed by atoms with E-state index in [4.69, 9.17) is 14.6 Å². The zero-order valence-corrected chi connectivity index (χ0v) is 34.4. The Bertz CT molecular complexity index is 873. The summed E-state index contributed by atoms with van der Waals surface area (Å²) in [4.78, 5) is 48.8. The lowest BCUT2D eigenvalue weighted by Crippen LogP contribution is -2.45. The molecular weight excluding hydrogens is 679 g/mol. The molecule has 0 heterocycles. The van der Waals surface area contributed by atoms with Gasteiger partial charge in [0.2, 0.25) is 5.91 Å². The van der Waals surface area contributed by atoms with Crippen molar-refractivity contribution in [3.63, 3.8) is 0 Å². The van der Waals surface area contributed by atoms with E-state index < -0.39 is 36.5 Å². The van der Waals surface area contributed by atoms with Crippen molar-refractivity contribution in [2.45, 2.75) is 213 Å². The minimum atomic E-state index is -1.35. The molecule has 0 aromatic rings. The summed E-state index contributed by atoms with van der Waals surface area (Å²) in [5.74, 6) is -2.21. The highest BCUT2D eigenvalue weighted by Gasteiger charge is 2.23. The number of hydrogen-bond acceptors (Lipinski definition) is 8. The number of aliphatic carboxylic acids is 1. The van der Waals surface area contributed by atoms with Gasteiger partial charge in [0.1, 0.15) is 18.8 Å². The van der Waals surface area contributed by atoms with Crippen LogP contribution in [0.1, 0.15) is 201 Å². The fourth-order valence-electron chi connectivity index (χ4n) is 6.14. The molecular formula is C42H79NO8S. The Morgan fingerprint density at radius 3 is 1.35 bits per heavy atom. The lowest BCUT2D eigenvalue weighted by molar-refractivity contribution is -0.157.